The zero-order valence-corrected chi connectivity index (χ0v) is 10.7. The van der Waals surface area contributed by atoms with Gasteiger partial charge < -0.3 is 10.5 Å². The number of hydrogen-bond donors (Lipinski definition) is 1. The van der Waals surface area contributed by atoms with E-state index in [9.17, 15) is 0 Å². The van der Waals surface area contributed by atoms with E-state index in [0.29, 0.717) is 6.04 Å². The maximum atomic E-state index is 8.81. The molecule has 1 aliphatic rings. The van der Waals surface area contributed by atoms with E-state index in [4.69, 9.17) is 10.5 Å². The summed E-state index contributed by atoms with van der Waals surface area (Å²) in [6.07, 6.45) is 7.25. The van der Waals surface area contributed by atoms with Gasteiger partial charge in [-0.2, -0.15) is 0 Å². The molecule has 90 valence electrons. The molecule has 0 aliphatic heterocycles. The van der Waals surface area contributed by atoms with Crippen molar-refractivity contribution in [3.05, 3.63) is 0 Å². The zero-order valence-electron chi connectivity index (χ0n) is 10.7. The molecule has 1 aliphatic carbocycles. The van der Waals surface area contributed by atoms with E-state index in [1.165, 1.54) is 39.0 Å². The lowest BCUT2D eigenvalue weighted by atomic mass is 10.3. The molecule has 1 saturated carbocycles. The van der Waals surface area contributed by atoms with Gasteiger partial charge in [-0.1, -0.05) is 47.0 Å². The summed E-state index contributed by atoms with van der Waals surface area (Å²) >= 11 is 0. The van der Waals surface area contributed by atoms with E-state index >= 15 is 0 Å². The Morgan fingerprint density at radius 2 is 1.50 bits per heavy atom. The van der Waals surface area contributed by atoms with Gasteiger partial charge in [0.05, 0.1) is 0 Å². The summed E-state index contributed by atoms with van der Waals surface area (Å²) in [5.41, 5.74) is 5.53. The van der Waals surface area contributed by atoms with Crippen molar-refractivity contribution in [3.8, 4) is 0 Å². The fourth-order valence-corrected chi connectivity index (χ4v) is 0.957. The van der Waals surface area contributed by atoms with Gasteiger partial charge in [-0.15, -0.1) is 0 Å². The molecule has 0 bridgehead atoms. The first kappa shape index (κ1) is 19.2. The highest BCUT2D eigenvalue weighted by Gasteiger charge is 2.07. The SMILES string of the molecule is CC.CC=O.CCC.NC1CCCC1.[HH]. The van der Waals surface area contributed by atoms with Gasteiger partial charge in [-0.25, -0.2) is 0 Å². The minimum absolute atomic E-state index is 0. The molecule has 14 heavy (non-hydrogen) atoms. The first-order chi connectivity index (χ1) is 6.72. The van der Waals surface area contributed by atoms with Crippen LogP contribution in [0.4, 0.5) is 0 Å². The van der Waals surface area contributed by atoms with Gasteiger partial charge in [-0.05, 0) is 19.8 Å². The van der Waals surface area contributed by atoms with Crippen molar-refractivity contribution in [2.24, 2.45) is 5.73 Å². The van der Waals surface area contributed by atoms with Gasteiger partial charge in [0.25, 0.3) is 0 Å². The molecular weight excluding hydrogens is 174 g/mol. The summed E-state index contributed by atoms with van der Waals surface area (Å²) in [7, 11) is 0. The Hall–Kier alpha value is -0.370. The quantitative estimate of drug-likeness (QED) is 0.612. The van der Waals surface area contributed by atoms with E-state index in [1.807, 2.05) is 13.8 Å². The molecule has 2 N–H and O–H groups in total. The molecule has 0 aromatic rings. The summed E-state index contributed by atoms with van der Waals surface area (Å²) in [6.45, 7) is 9.69. The lowest BCUT2D eigenvalue weighted by Gasteiger charge is -1.92. The molecule has 0 aromatic carbocycles. The van der Waals surface area contributed by atoms with Crippen molar-refractivity contribution in [1.82, 2.24) is 0 Å². The Bertz CT molecular complexity index is 83.7. The molecule has 0 aromatic heterocycles. The molecule has 0 amide bonds. The highest BCUT2D eigenvalue weighted by atomic mass is 16.1. The Kier molecular flexibility index (Phi) is 31.5. The molecule has 1 fully saturated rings. The Balaban J connectivity index is -0.0000000592. The monoisotopic (exact) mass is 205 g/mol. The van der Waals surface area contributed by atoms with Crippen molar-refractivity contribution in [2.75, 3.05) is 0 Å². The van der Waals surface area contributed by atoms with Crippen LogP contribution in [0.3, 0.4) is 0 Å². The van der Waals surface area contributed by atoms with Crippen LogP contribution in [-0.2, 0) is 4.79 Å². The van der Waals surface area contributed by atoms with Crippen LogP contribution in [0.1, 0.15) is 68.1 Å². The second kappa shape index (κ2) is 22.9. The molecule has 0 atom stereocenters. The highest BCUT2D eigenvalue weighted by Crippen LogP contribution is 2.14. The van der Waals surface area contributed by atoms with Crippen molar-refractivity contribution in [2.45, 2.75) is 72.8 Å². The lowest BCUT2D eigenvalue weighted by Crippen LogP contribution is -2.13. The number of carbonyl (C=O) groups excluding carboxylic acids is 1. The van der Waals surface area contributed by atoms with Crippen LogP contribution in [-0.4, -0.2) is 12.3 Å². The third kappa shape index (κ3) is 29.9. The third-order valence-corrected chi connectivity index (χ3v) is 1.40. The average molecular weight is 205 g/mol. The van der Waals surface area contributed by atoms with Gasteiger partial charge in [0, 0.05) is 7.47 Å². The fraction of sp³-hybridized carbons (Fsp3) is 0.917. The largest absolute Gasteiger partial charge is 0.328 e. The highest BCUT2D eigenvalue weighted by molar-refractivity contribution is 5.44. The molecule has 0 spiro atoms. The van der Waals surface area contributed by atoms with Crippen LogP contribution < -0.4 is 5.73 Å². The second-order valence-electron chi connectivity index (χ2n) is 2.99. The van der Waals surface area contributed by atoms with Gasteiger partial charge in [0.1, 0.15) is 6.29 Å². The van der Waals surface area contributed by atoms with Gasteiger partial charge in [-0.3, -0.25) is 0 Å². The first-order valence-electron chi connectivity index (χ1n) is 5.88. The summed E-state index contributed by atoms with van der Waals surface area (Å²) in [5, 5.41) is 0. The Morgan fingerprint density at radius 3 is 1.57 bits per heavy atom. The van der Waals surface area contributed by atoms with Gasteiger partial charge in [0.15, 0.2) is 0 Å². The summed E-state index contributed by atoms with van der Waals surface area (Å²) in [5.74, 6) is 0. The molecule has 0 radical (unpaired) electrons. The van der Waals surface area contributed by atoms with Crippen LogP contribution in [0.2, 0.25) is 0 Å². The Morgan fingerprint density at radius 1 is 1.29 bits per heavy atom. The van der Waals surface area contributed by atoms with Crippen LogP contribution >= 0.6 is 0 Å². The molecule has 2 nitrogen and oxygen atoms in total. The minimum Gasteiger partial charge on any atom is -0.328 e. The van der Waals surface area contributed by atoms with Crippen LogP contribution in [0.5, 0.6) is 0 Å². The van der Waals surface area contributed by atoms with Crippen molar-refractivity contribution in [1.29, 1.82) is 0 Å². The van der Waals surface area contributed by atoms with Gasteiger partial charge >= 0.3 is 0 Å². The zero-order chi connectivity index (χ0) is 11.8. The number of aldehydes is 1. The smallest absolute Gasteiger partial charge is 0.116 e. The van der Waals surface area contributed by atoms with E-state index in [0.717, 1.165) is 6.29 Å². The summed E-state index contributed by atoms with van der Waals surface area (Å²) in [6, 6.07) is 0.546. The maximum absolute atomic E-state index is 8.81. The number of carbonyl (C=O) groups is 1. The molecule has 0 unspecified atom stereocenters. The number of nitrogens with two attached hydrogens (primary N) is 1. The van der Waals surface area contributed by atoms with E-state index in [1.54, 1.807) is 0 Å². The van der Waals surface area contributed by atoms with Crippen LogP contribution in [0.15, 0.2) is 0 Å². The third-order valence-electron chi connectivity index (χ3n) is 1.40. The van der Waals surface area contributed by atoms with Crippen molar-refractivity contribution >= 4 is 6.29 Å². The first-order valence-corrected chi connectivity index (χ1v) is 5.88. The lowest BCUT2D eigenvalue weighted by molar-refractivity contribution is -0.106. The van der Waals surface area contributed by atoms with E-state index < -0.39 is 0 Å². The fourth-order valence-electron chi connectivity index (χ4n) is 0.957. The van der Waals surface area contributed by atoms with Crippen molar-refractivity contribution in [3.63, 3.8) is 0 Å². The van der Waals surface area contributed by atoms with Crippen LogP contribution in [0, 0.1) is 0 Å². The number of rotatable bonds is 0. The molecule has 0 heterocycles. The maximum Gasteiger partial charge on any atom is 0.116 e. The molecule has 2 heteroatoms. The topological polar surface area (TPSA) is 43.1 Å². The minimum atomic E-state index is 0. The second-order valence-corrected chi connectivity index (χ2v) is 2.99. The Labute approximate surface area is 91.8 Å². The molecular formula is C12H31NO. The molecule has 1 rings (SSSR count). The number of hydrogen-bond acceptors (Lipinski definition) is 2. The predicted octanol–water partition coefficient (Wildman–Crippen LogP) is 3.78. The standard InChI is InChI=1S/C5H11N.C3H8.C2H4O.C2H6.H2/c6-5-3-1-2-4-5;1-3-2;1-2-3;1-2;/h5H,1-4,6H2;3H2,1-2H3;2H,1H3;1-2H3;1H. The van der Waals surface area contributed by atoms with Gasteiger partial charge in [0.2, 0.25) is 0 Å². The summed E-state index contributed by atoms with van der Waals surface area (Å²) in [4.78, 5) is 8.81. The van der Waals surface area contributed by atoms with Crippen molar-refractivity contribution < 1.29 is 6.22 Å². The normalized spacial score (nSPS) is 13.6. The van der Waals surface area contributed by atoms with E-state index in [2.05, 4.69) is 13.8 Å². The average Bonchev–Trinajstić information content (AvgIpc) is 2.62. The summed E-state index contributed by atoms with van der Waals surface area (Å²) < 4.78 is 0. The molecule has 0 saturated heterocycles. The van der Waals surface area contributed by atoms with Crippen LogP contribution in [0.25, 0.3) is 0 Å². The predicted molar refractivity (Wildman–Crippen MR) is 67.6 cm³/mol. The van der Waals surface area contributed by atoms with E-state index in [-0.39, 0.29) is 1.43 Å².